The predicted molar refractivity (Wildman–Crippen MR) is 136 cm³/mol. The van der Waals surface area contributed by atoms with Gasteiger partial charge in [0.2, 0.25) is 5.91 Å². The molecule has 0 radical (unpaired) electrons. The molecule has 2 atom stereocenters. The summed E-state index contributed by atoms with van der Waals surface area (Å²) in [7, 11) is 0. The van der Waals surface area contributed by atoms with E-state index in [1.807, 2.05) is 16.7 Å². The molecule has 1 amide bonds. The van der Waals surface area contributed by atoms with Crippen LogP contribution in [0, 0.1) is 11.8 Å². The average Bonchev–Trinajstić information content (AvgIpc) is 2.90. The maximum Gasteiger partial charge on any atom is 0.258 e. The molecule has 2 unspecified atom stereocenters. The van der Waals surface area contributed by atoms with Gasteiger partial charge in [-0.25, -0.2) is 0 Å². The van der Waals surface area contributed by atoms with Crippen molar-refractivity contribution in [2.45, 2.75) is 57.5 Å². The Kier molecular flexibility index (Phi) is 6.50. The Balaban J connectivity index is 1.26. The number of pyridine rings is 1. The van der Waals surface area contributed by atoms with Gasteiger partial charge in [0.25, 0.3) is 5.56 Å². The van der Waals surface area contributed by atoms with Gasteiger partial charge in [-0.3, -0.25) is 14.5 Å². The van der Waals surface area contributed by atoms with Gasteiger partial charge in [-0.05, 0) is 48.4 Å². The topological polar surface area (TPSA) is 54.8 Å². The SMILES string of the molecule is O=C(C1CCCCC1)N1CC2CC(C1)c1ccc(-c3ccccc3CN3CCOCC3)c(=O)n1C2. The van der Waals surface area contributed by atoms with E-state index in [1.54, 1.807) is 0 Å². The van der Waals surface area contributed by atoms with E-state index in [9.17, 15) is 9.59 Å². The molecule has 3 aliphatic heterocycles. The fourth-order valence-corrected chi connectivity index (χ4v) is 6.86. The number of benzene rings is 1. The van der Waals surface area contributed by atoms with Crippen LogP contribution >= 0.6 is 0 Å². The van der Waals surface area contributed by atoms with Gasteiger partial charge < -0.3 is 14.2 Å². The van der Waals surface area contributed by atoms with E-state index < -0.39 is 0 Å². The van der Waals surface area contributed by atoms with Gasteiger partial charge in [-0.15, -0.1) is 0 Å². The Hall–Kier alpha value is -2.44. The van der Waals surface area contributed by atoms with Crippen molar-refractivity contribution < 1.29 is 9.53 Å². The monoisotopic (exact) mass is 475 g/mol. The fraction of sp³-hybridized carbons (Fsp3) is 0.586. The molecule has 1 aromatic heterocycles. The lowest BCUT2D eigenvalue weighted by Gasteiger charge is -2.44. The van der Waals surface area contributed by atoms with Crippen LogP contribution in [0.4, 0.5) is 0 Å². The lowest BCUT2D eigenvalue weighted by atomic mass is 9.81. The third-order valence-corrected chi connectivity index (χ3v) is 8.68. The minimum absolute atomic E-state index is 0.124. The first-order valence-corrected chi connectivity index (χ1v) is 13.6. The average molecular weight is 476 g/mol. The Morgan fingerprint density at radius 2 is 1.71 bits per heavy atom. The largest absolute Gasteiger partial charge is 0.379 e. The summed E-state index contributed by atoms with van der Waals surface area (Å²) in [4.78, 5) is 31.6. The number of piperidine rings is 1. The van der Waals surface area contributed by atoms with E-state index in [4.69, 9.17) is 4.74 Å². The molecular weight excluding hydrogens is 438 g/mol. The molecule has 6 nitrogen and oxygen atoms in total. The molecule has 2 saturated heterocycles. The standard InChI is InChI=1S/C29H37N3O3/c33-28(22-6-2-1-3-7-22)31-17-21-16-24(20-31)27-11-10-26(29(34)32(27)18-21)25-9-5-4-8-23(25)19-30-12-14-35-15-13-30/h4-5,8-11,21-22,24H,1-3,6-7,12-20H2. The third-order valence-electron chi connectivity index (χ3n) is 8.68. The molecule has 1 aromatic carbocycles. The van der Waals surface area contributed by atoms with E-state index in [1.165, 1.54) is 24.8 Å². The molecule has 4 aliphatic rings. The normalized spacial score (nSPS) is 25.3. The predicted octanol–water partition coefficient (Wildman–Crippen LogP) is 3.87. The van der Waals surface area contributed by atoms with Crippen LogP contribution in [0.3, 0.4) is 0 Å². The molecule has 2 aromatic rings. The summed E-state index contributed by atoms with van der Waals surface area (Å²) >= 11 is 0. The summed E-state index contributed by atoms with van der Waals surface area (Å²) in [6.07, 6.45) is 6.82. The second-order valence-electron chi connectivity index (χ2n) is 11.0. The molecule has 4 heterocycles. The lowest BCUT2D eigenvalue weighted by Crippen LogP contribution is -2.50. The number of likely N-dealkylation sites (tertiary alicyclic amines) is 1. The first-order valence-electron chi connectivity index (χ1n) is 13.6. The zero-order valence-corrected chi connectivity index (χ0v) is 20.7. The summed E-state index contributed by atoms with van der Waals surface area (Å²) in [5.41, 5.74) is 4.28. The van der Waals surface area contributed by atoms with Crippen LogP contribution in [0.5, 0.6) is 0 Å². The molecule has 3 fully saturated rings. The van der Waals surface area contributed by atoms with Crippen molar-refractivity contribution in [2.75, 3.05) is 39.4 Å². The molecule has 1 saturated carbocycles. The molecular formula is C29H37N3O3. The van der Waals surface area contributed by atoms with Gasteiger partial charge in [0.05, 0.1) is 13.2 Å². The summed E-state index contributed by atoms with van der Waals surface area (Å²) in [5, 5.41) is 0. The molecule has 186 valence electrons. The third kappa shape index (κ3) is 4.58. The highest BCUT2D eigenvalue weighted by Crippen LogP contribution is 2.37. The second-order valence-corrected chi connectivity index (χ2v) is 11.0. The minimum atomic E-state index is 0.124. The fourth-order valence-electron chi connectivity index (χ4n) is 6.86. The summed E-state index contributed by atoms with van der Waals surface area (Å²) in [5.74, 6) is 1.21. The van der Waals surface area contributed by atoms with Gasteiger partial charge in [-0.1, -0.05) is 43.5 Å². The molecule has 1 aliphatic carbocycles. The summed E-state index contributed by atoms with van der Waals surface area (Å²) in [6.45, 7) is 6.52. The maximum absolute atomic E-state index is 13.8. The number of rotatable bonds is 4. The van der Waals surface area contributed by atoms with Crippen molar-refractivity contribution in [2.24, 2.45) is 11.8 Å². The summed E-state index contributed by atoms with van der Waals surface area (Å²) in [6, 6.07) is 12.5. The Labute approximate surface area is 207 Å². The number of nitrogens with zero attached hydrogens (tertiary/aromatic N) is 3. The van der Waals surface area contributed by atoms with Crippen molar-refractivity contribution in [3.05, 3.63) is 58.0 Å². The quantitative estimate of drug-likeness (QED) is 0.674. The Morgan fingerprint density at radius 1 is 0.914 bits per heavy atom. The molecule has 6 heteroatoms. The number of morpholine rings is 1. The Bertz CT molecular complexity index is 1130. The molecule has 2 bridgehead atoms. The van der Waals surface area contributed by atoms with Crippen molar-refractivity contribution >= 4 is 5.91 Å². The highest BCUT2D eigenvalue weighted by molar-refractivity contribution is 5.79. The van der Waals surface area contributed by atoms with Crippen molar-refractivity contribution in [3.8, 4) is 11.1 Å². The molecule has 35 heavy (non-hydrogen) atoms. The van der Waals surface area contributed by atoms with Crippen LogP contribution in [0.1, 0.15) is 55.7 Å². The highest BCUT2D eigenvalue weighted by Gasteiger charge is 2.38. The highest BCUT2D eigenvalue weighted by atomic mass is 16.5. The van der Waals surface area contributed by atoms with E-state index in [-0.39, 0.29) is 17.4 Å². The van der Waals surface area contributed by atoms with Gasteiger partial charge in [-0.2, -0.15) is 0 Å². The number of amides is 1. The number of carbonyl (C=O) groups is 1. The minimum Gasteiger partial charge on any atom is -0.379 e. The van der Waals surface area contributed by atoms with Crippen LogP contribution in [0.2, 0.25) is 0 Å². The van der Waals surface area contributed by atoms with E-state index in [0.717, 1.165) is 88.6 Å². The van der Waals surface area contributed by atoms with Gasteiger partial charge in [0, 0.05) is 62.4 Å². The van der Waals surface area contributed by atoms with Crippen LogP contribution in [0.25, 0.3) is 11.1 Å². The van der Waals surface area contributed by atoms with Crippen LogP contribution in [-0.2, 0) is 22.6 Å². The smallest absolute Gasteiger partial charge is 0.258 e. The van der Waals surface area contributed by atoms with Gasteiger partial charge >= 0.3 is 0 Å². The number of hydrogen-bond donors (Lipinski definition) is 0. The first kappa shape index (κ1) is 23.0. The molecule has 0 N–H and O–H groups in total. The van der Waals surface area contributed by atoms with Crippen LogP contribution in [-0.4, -0.2) is 59.7 Å². The zero-order chi connectivity index (χ0) is 23.8. The van der Waals surface area contributed by atoms with Gasteiger partial charge in [0.15, 0.2) is 0 Å². The number of carbonyl (C=O) groups excluding carboxylic acids is 1. The number of hydrogen-bond acceptors (Lipinski definition) is 4. The zero-order valence-electron chi connectivity index (χ0n) is 20.7. The van der Waals surface area contributed by atoms with Gasteiger partial charge in [0.1, 0.15) is 0 Å². The Morgan fingerprint density at radius 3 is 2.54 bits per heavy atom. The van der Waals surface area contributed by atoms with Crippen molar-refractivity contribution in [1.29, 1.82) is 0 Å². The van der Waals surface area contributed by atoms with E-state index in [0.29, 0.717) is 11.8 Å². The first-order chi connectivity index (χ1) is 17.2. The van der Waals surface area contributed by atoms with Crippen LogP contribution < -0.4 is 5.56 Å². The number of ether oxygens (including phenoxy) is 1. The number of fused-ring (bicyclic) bond motifs is 4. The van der Waals surface area contributed by atoms with E-state index in [2.05, 4.69) is 34.1 Å². The van der Waals surface area contributed by atoms with E-state index >= 15 is 0 Å². The van der Waals surface area contributed by atoms with Crippen molar-refractivity contribution in [1.82, 2.24) is 14.4 Å². The number of aromatic nitrogens is 1. The maximum atomic E-state index is 13.8. The van der Waals surface area contributed by atoms with Crippen LogP contribution in [0.15, 0.2) is 41.2 Å². The molecule has 6 rings (SSSR count). The molecule has 0 spiro atoms. The second kappa shape index (κ2) is 9.90. The van der Waals surface area contributed by atoms with Crippen molar-refractivity contribution in [3.63, 3.8) is 0 Å². The lowest BCUT2D eigenvalue weighted by molar-refractivity contribution is -0.139. The summed E-state index contributed by atoms with van der Waals surface area (Å²) < 4.78 is 7.54.